The van der Waals surface area contributed by atoms with E-state index in [0.29, 0.717) is 24.3 Å². The second kappa shape index (κ2) is 6.07. The number of hydrogen-bond acceptors (Lipinski definition) is 5. The zero-order valence-electron chi connectivity index (χ0n) is 10.2. The van der Waals surface area contributed by atoms with E-state index < -0.39 is 22.5 Å². The van der Waals surface area contributed by atoms with Gasteiger partial charge in [-0.2, -0.15) is 0 Å². The Bertz CT molecular complexity index is 501. The monoisotopic (exact) mass is 286 g/mol. The maximum Gasteiger partial charge on any atom is 0.254 e. The fourth-order valence-electron chi connectivity index (χ4n) is 1.92. The van der Waals surface area contributed by atoms with Crippen LogP contribution < -0.4 is 16.6 Å². The van der Waals surface area contributed by atoms with Crippen molar-refractivity contribution in [2.45, 2.75) is 18.9 Å². The molecule has 6 nitrogen and oxygen atoms in total. The SMILES string of the molecule is NNc1nccc(C(=O)NC2CCS(=O)CC2)c1F. The number of carbonyl (C=O) groups excluding carboxylic acids is 1. The topological polar surface area (TPSA) is 97.1 Å². The Morgan fingerprint density at radius 3 is 2.79 bits per heavy atom. The first-order valence-corrected chi connectivity index (χ1v) is 7.37. The Kier molecular flexibility index (Phi) is 4.43. The van der Waals surface area contributed by atoms with E-state index in [9.17, 15) is 13.4 Å². The summed E-state index contributed by atoms with van der Waals surface area (Å²) in [6, 6.07) is 1.24. The molecule has 1 aliphatic heterocycles. The molecule has 2 rings (SSSR count). The molecule has 0 spiro atoms. The highest BCUT2D eigenvalue weighted by Gasteiger charge is 2.22. The molecule has 0 unspecified atom stereocenters. The standard InChI is InChI=1S/C11H15FN4O2S/c12-9-8(1-4-14-10(9)16-13)11(17)15-7-2-5-19(18)6-3-7/h1,4,7H,2-3,5-6,13H2,(H,14,16)(H,15,17). The first kappa shape index (κ1) is 13.9. The van der Waals surface area contributed by atoms with Crippen LogP contribution >= 0.6 is 0 Å². The van der Waals surface area contributed by atoms with E-state index in [-0.39, 0.29) is 17.4 Å². The molecule has 104 valence electrons. The summed E-state index contributed by atoms with van der Waals surface area (Å²) in [4.78, 5) is 15.6. The largest absolute Gasteiger partial charge is 0.349 e. The number of pyridine rings is 1. The minimum absolute atomic E-state index is 0.0629. The van der Waals surface area contributed by atoms with Crippen LogP contribution in [0.1, 0.15) is 23.2 Å². The molecule has 1 amide bonds. The Morgan fingerprint density at radius 2 is 2.16 bits per heavy atom. The van der Waals surface area contributed by atoms with Gasteiger partial charge >= 0.3 is 0 Å². The zero-order chi connectivity index (χ0) is 13.8. The molecule has 0 aliphatic carbocycles. The molecule has 4 N–H and O–H groups in total. The lowest BCUT2D eigenvalue weighted by Gasteiger charge is -2.22. The molecule has 2 heterocycles. The Morgan fingerprint density at radius 1 is 1.47 bits per heavy atom. The van der Waals surface area contributed by atoms with E-state index in [2.05, 4.69) is 15.7 Å². The predicted octanol–water partition coefficient (Wildman–Crippen LogP) is 0.147. The molecule has 1 fully saturated rings. The molecule has 1 aromatic rings. The molecule has 0 atom stereocenters. The molecular formula is C11H15FN4O2S. The quantitative estimate of drug-likeness (QED) is 0.543. The van der Waals surface area contributed by atoms with Crippen LogP contribution in [0.2, 0.25) is 0 Å². The average Bonchev–Trinajstić information content (AvgIpc) is 2.41. The van der Waals surface area contributed by atoms with Gasteiger partial charge in [0.15, 0.2) is 11.6 Å². The van der Waals surface area contributed by atoms with E-state index in [0.717, 1.165) is 0 Å². The van der Waals surface area contributed by atoms with Gasteiger partial charge in [-0.1, -0.05) is 0 Å². The first-order valence-electron chi connectivity index (χ1n) is 5.88. The van der Waals surface area contributed by atoms with Gasteiger partial charge in [-0.15, -0.1) is 0 Å². The van der Waals surface area contributed by atoms with Crippen LogP contribution in [0.3, 0.4) is 0 Å². The van der Waals surface area contributed by atoms with Crippen LogP contribution in [0.15, 0.2) is 12.3 Å². The molecule has 0 saturated carbocycles. The lowest BCUT2D eigenvalue weighted by molar-refractivity contribution is 0.0930. The van der Waals surface area contributed by atoms with Crippen LogP contribution in [-0.4, -0.2) is 32.6 Å². The van der Waals surface area contributed by atoms with Gasteiger partial charge in [0.1, 0.15) is 0 Å². The number of anilines is 1. The molecule has 1 aliphatic rings. The van der Waals surface area contributed by atoms with Crippen molar-refractivity contribution < 1.29 is 13.4 Å². The number of nitrogen functional groups attached to an aromatic ring is 1. The third-order valence-electron chi connectivity index (χ3n) is 2.99. The maximum atomic E-state index is 13.8. The normalized spacial score (nSPS) is 22.8. The lowest BCUT2D eigenvalue weighted by Crippen LogP contribution is -2.40. The number of nitrogens with one attached hydrogen (secondary N) is 2. The fourth-order valence-corrected chi connectivity index (χ4v) is 3.22. The lowest BCUT2D eigenvalue weighted by atomic mass is 10.1. The molecule has 1 saturated heterocycles. The Balaban J connectivity index is 2.06. The first-order chi connectivity index (χ1) is 9.11. The second-order valence-corrected chi connectivity index (χ2v) is 5.96. The van der Waals surface area contributed by atoms with E-state index in [1.54, 1.807) is 0 Å². The van der Waals surface area contributed by atoms with Crippen LogP contribution in [0.4, 0.5) is 10.2 Å². The molecule has 0 radical (unpaired) electrons. The van der Waals surface area contributed by atoms with Crippen LogP contribution in [0, 0.1) is 5.82 Å². The van der Waals surface area contributed by atoms with E-state index in [1.165, 1.54) is 12.3 Å². The van der Waals surface area contributed by atoms with Crippen molar-refractivity contribution >= 4 is 22.5 Å². The number of rotatable bonds is 3. The molecule has 8 heteroatoms. The van der Waals surface area contributed by atoms with Gasteiger partial charge in [-0.25, -0.2) is 15.2 Å². The number of hydrogen-bond donors (Lipinski definition) is 3. The highest BCUT2D eigenvalue weighted by atomic mass is 32.2. The van der Waals surface area contributed by atoms with Gasteiger partial charge in [-0.05, 0) is 18.9 Å². The van der Waals surface area contributed by atoms with Gasteiger partial charge in [0.05, 0.1) is 5.56 Å². The minimum Gasteiger partial charge on any atom is -0.349 e. The van der Waals surface area contributed by atoms with E-state index in [4.69, 9.17) is 5.84 Å². The van der Waals surface area contributed by atoms with Gasteiger partial charge < -0.3 is 10.7 Å². The number of carbonyl (C=O) groups is 1. The maximum absolute atomic E-state index is 13.8. The van der Waals surface area contributed by atoms with Gasteiger partial charge in [0, 0.05) is 34.5 Å². The predicted molar refractivity (Wildman–Crippen MR) is 70.4 cm³/mol. The molecular weight excluding hydrogens is 271 g/mol. The summed E-state index contributed by atoms with van der Waals surface area (Å²) in [7, 11) is -0.792. The van der Waals surface area contributed by atoms with Crippen molar-refractivity contribution in [2.24, 2.45) is 5.84 Å². The van der Waals surface area contributed by atoms with Crippen LogP contribution in [0.25, 0.3) is 0 Å². The van der Waals surface area contributed by atoms with Crippen LogP contribution in [-0.2, 0) is 10.8 Å². The highest BCUT2D eigenvalue weighted by Crippen LogP contribution is 2.15. The molecule has 0 bridgehead atoms. The van der Waals surface area contributed by atoms with Crippen molar-refractivity contribution in [3.05, 3.63) is 23.6 Å². The van der Waals surface area contributed by atoms with Crippen molar-refractivity contribution in [1.82, 2.24) is 10.3 Å². The summed E-state index contributed by atoms with van der Waals surface area (Å²) >= 11 is 0. The summed E-state index contributed by atoms with van der Waals surface area (Å²) in [5.41, 5.74) is 1.99. The Labute approximate surface area is 112 Å². The fraction of sp³-hybridized carbons (Fsp3) is 0.455. The van der Waals surface area contributed by atoms with E-state index >= 15 is 0 Å². The summed E-state index contributed by atoms with van der Waals surface area (Å²) in [6.07, 6.45) is 2.60. The third-order valence-corrected chi connectivity index (χ3v) is 4.38. The minimum atomic E-state index is -0.792. The summed E-state index contributed by atoms with van der Waals surface area (Å²) in [5, 5.41) is 2.74. The number of halogens is 1. The van der Waals surface area contributed by atoms with Crippen molar-refractivity contribution in [3.8, 4) is 0 Å². The molecule has 1 aromatic heterocycles. The summed E-state index contributed by atoms with van der Waals surface area (Å²) < 4.78 is 25.0. The van der Waals surface area contributed by atoms with Crippen molar-refractivity contribution in [1.29, 1.82) is 0 Å². The molecule has 0 aromatic carbocycles. The number of aromatic nitrogens is 1. The number of hydrazine groups is 1. The number of nitrogens with two attached hydrogens (primary N) is 1. The molecule has 19 heavy (non-hydrogen) atoms. The van der Waals surface area contributed by atoms with Crippen molar-refractivity contribution in [2.75, 3.05) is 16.9 Å². The van der Waals surface area contributed by atoms with Gasteiger partial charge in [-0.3, -0.25) is 9.00 Å². The zero-order valence-corrected chi connectivity index (χ0v) is 11.0. The second-order valence-electron chi connectivity index (χ2n) is 4.26. The van der Waals surface area contributed by atoms with Gasteiger partial charge in [0.25, 0.3) is 5.91 Å². The van der Waals surface area contributed by atoms with Gasteiger partial charge in [0.2, 0.25) is 0 Å². The highest BCUT2D eigenvalue weighted by molar-refractivity contribution is 7.85. The summed E-state index contributed by atoms with van der Waals surface area (Å²) in [6.45, 7) is 0. The van der Waals surface area contributed by atoms with Crippen molar-refractivity contribution in [3.63, 3.8) is 0 Å². The average molecular weight is 286 g/mol. The summed E-state index contributed by atoms with van der Waals surface area (Å²) in [5.74, 6) is 4.79. The Hall–Kier alpha value is -1.54. The number of nitrogens with zero attached hydrogens (tertiary/aromatic N) is 1. The van der Waals surface area contributed by atoms with Crippen LogP contribution in [0.5, 0.6) is 0 Å². The number of amides is 1. The smallest absolute Gasteiger partial charge is 0.254 e. The third kappa shape index (κ3) is 3.27. The van der Waals surface area contributed by atoms with E-state index in [1.807, 2.05) is 0 Å².